The zero-order valence-electron chi connectivity index (χ0n) is 12.9. The van der Waals surface area contributed by atoms with Gasteiger partial charge in [0.2, 0.25) is 0 Å². The number of rotatable bonds is 3. The molecule has 1 aromatic carbocycles. The van der Waals surface area contributed by atoms with Crippen LogP contribution in [0, 0.1) is 13.8 Å². The van der Waals surface area contributed by atoms with E-state index in [-0.39, 0.29) is 0 Å². The Bertz CT molecular complexity index is 609. The number of hydrogen-bond acceptors (Lipinski definition) is 3. The van der Waals surface area contributed by atoms with E-state index in [2.05, 4.69) is 42.0 Å². The van der Waals surface area contributed by atoms with Gasteiger partial charge in [-0.3, -0.25) is 9.58 Å². The fourth-order valence-corrected chi connectivity index (χ4v) is 3.11. The number of likely N-dealkylation sites (tertiary alicyclic amines) is 1. The Morgan fingerprint density at radius 2 is 1.95 bits per heavy atom. The Kier molecular flexibility index (Phi) is 3.97. The number of aromatic nitrogens is 2. The van der Waals surface area contributed by atoms with Crippen molar-refractivity contribution in [2.75, 3.05) is 18.8 Å². The van der Waals surface area contributed by atoms with Crippen molar-refractivity contribution >= 4 is 5.82 Å². The molecule has 1 aliphatic rings. The van der Waals surface area contributed by atoms with Gasteiger partial charge in [0.1, 0.15) is 5.82 Å². The highest BCUT2D eigenvalue weighted by atomic mass is 15.3. The summed E-state index contributed by atoms with van der Waals surface area (Å²) in [5.41, 5.74) is 9.89. The van der Waals surface area contributed by atoms with E-state index < -0.39 is 0 Å². The number of nitrogens with two attached hydrogens (primary N) is 1. The van der Waals surface area contributed by atoms with Gasteiger partial charge >= 0.3 is 0 Å². The summed E-state index contributed by atoms with van der Waals surface area (Å²) in [4.78, 5) is 2.55. The van der Waals surface area contributed by atoms with Gasteiger partial charge < -0.3 is 5.73 Å². The normalized spacial score (nSPS) is 17.2. The maximum absolute atomic E-state index is 5.70. The molecular weight excluding hydrogens is 260 g/mol. The molecule has 0 radical (unpaired) electrons. The molecule has 0 bridgehead atoms. The smallest absolute Gasteiger partial charge is 0.145 e. The summed E-state index contributed by atoms with van der Waals surface area (Å²) in [5, 5.41) is 4.35. The Morgan fingerprint density at radius 3 is 2.62 bits per heavy atom. The summed E-state index contributed by atoms with van der Waals surface area (Å²) in [6, 6.07) is 9.10. The molecule has 4 nitrogen and oxygen atoms in total. The van der Waals surface area contributed by atoms with Gasteiger partial charge in [0.25, 0.3) is 0 Å². The maximum Gasteiger partial charge on any atom is 0.145 e. The first kappa shape index (κ1) is 14.1. The number of piperidine rings is 1. The van der Waals surface area contributed by atoms with Crippen LogP contribution in [0.2, 0.25) is 0 Å². The molecule has 0 spiro atoms. The van der Waals surface area contributed by atoms with E-state index >= 15 is 0 Å². The second-order valence-corrected chi connectivity index (χ2v) is 6.16. The van der Waals surface area contributed by atoms with E-state index in [1.165, 1.54) is 16.7 Å². The molecule has 0 aliphatic carbocycles. The lowest BCUT2D eigenvalue weighted by Crippen LogP contribution is -2.34. The molecule has 0 atom stereocenters. The second-order valence-electron chi connectivity index (χ2n) is 6.16. The van der Waals surface area contributed by atoms with Crippen molar-refractivity contribution in [1.29, 1.82) is 0 Å². The molecule has 1 saturated heterocycles. The molecule has 1 aromatic heterocycles. The molecule has 0 amide bonds. The average Bonchev–Trinajstić information content (AvgIpc) is 2.90. The first-order valence-electron chi connectivity index (χ1n) is 7.71. The highest BCUT2D eigenvalue weighted by molar-refractivity contribution is 5.30. The Balaban J connectivity index is 1.60. The van der Waals surface area contributed by atoms with E-state index in [1.54, 1.807) is 0 Å². The first-order valence-corrected chi connectivity index (χ1v) is 7.71. The number of nitrogens with zero attached hydrogens (tertiary/aromatic N) is 3. The maximum atomic E-state index is 5.70. The molecule has 0 unspecified atom stereocenters. The topological polar surface area (TPSA) is 47.1 Å². The third-order valence-electron chi connectivity index (χ3n) is 4.46. The van der Waals surface area contributed by atoms with E-state index in [9.17, 15) is 0 Å². The van der Waals surface area contributed by atoms with Gasteiger partial charge in [-0.15, -0.1) is 0 Å². The van der Waals surface area contributed by atoms with Crippen molar-refractivity contribution in [3.05, 3.63) is 47.2 Å². The molecule has 3 rings (SSSR count). The van der Waals surface area contributed by atoms with Crippen LogP contribution in [-0.2, 0) is 6.54 Å². The number of anilines is 1. The Hall–Kier alpha value is -1.81. The molecule has 2 N–H and O–H groups in total. The molecule has 1 aliphatic heterocycles. The first-order chi connectivity index (χ1) is 10.1. The van der Waals surface area contributed by atoms with Crippen LogP contribution in [0.25, 0.3) is 0 Å². The van der Waals surface area contributed by atoms with Crippen LogP contribution in [0.15, 0.2) is 30.5 Å². The molecule has 112 valence electrons. The molecule has 21 heavy (non-hydrogen) atoms. The van der Waals surface area contributed by atoms with Gasteiger partial charge in [0, 0.05) is 25.8 Å². The van der Waals surface area contributed by atoms with Gasteiger partial charge in [0.15, 0.2) is 0 Å². The van der Waals surface area contributed by atoms with Crippen LogP contribution in [0.4, 0.5) is 5.82 Å². The second kappa shape index (κ2) is 5.90. The zero-order chi connectivity index (χ0) is 14.8. The minimum atomic E-state index is 0.497. The summed E-state index contributed by atoms with van der Waals surface area (Å²) in [6.07, 6.45) is 4.29. The number of nitrogen functional groups attached to an aromatic ring is 1. The summed E-state index contributed by atoms with van der Waals surface area (Å²) >= 11 is 0. The van der Waals surface area contributed by atoms with Crippen LogP contribution in [0.1, 0.15) is 35.6 Å². The monoisotopic (exact) mass is 284 g/mol. The standard InChI is InChI=1S/C17H24N4/c1-13-3-4-14(2)15(11-13)12-20-8-5-16(6-9-20)21-10-7-17(18)19-21/h3-4,7,10-11,16H,5-6,8-9,12H2,1-2H3,(H2,18,19). The van der Waals surface area contributed by atoms with Gasteiger partial charge in [-0.25, -0.2) is 0 Å². The van der Waals surface area contributed by atoms with E-state index in [0.717, 1.165) is 32.5 Å². The van der Waals surface area contributed by atoms with Crippen molar-refractivity contribution in [1.82, 2.24) is 14.7 Å². The molecule has 2 heterocycles. The lowest BCUT2D eigenvalue weighted by atomic mass is 10.0. The highest BCUT2D eigenvalue weighted by Crippen LogP contribution is 2.24. The van der Waals surface area contributed by atoms with Crippen LogP contribution < -0.4 is 5.73 Å². The quantitative estimate of drug-likeness (QED) is 0.942. The molecule has 0 saturated carbocycles. The third kappa shape index (κ3) is 3.27. The van der Waals surface area contributed by atoms with E-state index in [4.69, 9.17) is 5.73 Å². The fourth-order valence-electron chi connectivity index (χ4n) is 3.11. The average molecular weight is 284 g/mol. The molecule has 1 fully saturated rings. The summed E-state index contributed by atoms with van der Waals surface area (Å²) in [7, 11) is 0. The Morgan fingerprint density at radius 1 is 1.19 bits per heavy atom. The Labute approximate surface area is 126 Å². The van der Waals surface area contributed by atoms with Gasteiger partial charge in [-0.1, -0.05) is 23.8 Å². The van der Waals surface area contributed by atoms with Crippen molar-refractivity contribution in [2.24, 2.45) is 0 Å². The summed E-state index contributed by atoms with van der Waals surface area (Å²) < 4.78 is 2.03. The minimum Gasteiger partial charge on any atom is -0.382 e. The lowest BCUT2D eigenvalue weighted by molar-refractivity contribution is 0.173. The van der Waals surface area contributed by atoms with Gasteiger partial charge in [-0.05, 0) is 43.9 Å². The van der Waals surface area contributed by atoms with Crippen LogP contribution in [-0.4, -0.2) is 27.8 Å². The van der Waals surface area contributed by atoms with Gasteiger partial charge in [0.05, 0.1) is 6.04 Å². The van der Waals surface area contributed by atoms with E-state index in [0.29, 0.717) is 11.9 Å². The van der Waals surface area contributed by atoms with Crippen LogP contribution >= 0.6 is 0 Å². The predicted molar refractivity (Wildman–Crippen MR) is 86.1 cm³/mol. The predicted octanol–water partition coefficient (Wildman–Crippen LogP) is 2.92. The highest BCUT2D eigenvalue weighted by Gasteiger charge is 2.21. The molecular formula is C17H24N4. The largest absolute Gasteiger partial charge is 0.382 e. The van der Waals surface area contributed by atoms with Crippen molar-refractivity contribution in [3.8, 4) is 0 Å². The zero-order valence-corrected chi connectivity index (χ0v) is 12.9. The third-order valence-corrected chi connectivity index (χ3v) is 4.46. The SMILES string of the molecule is Cc1ccc(C)c(CN2CCC(n3ccc(N)n3)CC2)c1. The minimum absolute atomic E-state index is 0.497. The number of hydrogen-bond donors (Lipinski definition) is 1. The summed E-state index contributed by atoms with van der Waals surface area (Å²) in [6.45, 7) is 7.67. The summed E-state index contributed by atoms with van der Waals surface area (Å²) in [5.74, 6) is 0.618. The fraction of sp³-hybridized carbons (Fsp3) is 0.471. The van der Waals surface area contributed by atoms with Crippen LogP contribution in [0.5, 0.6) is 0 Å². The number of benzene rings is 1. The van der Waals surface area contributed by atoms with Gasteiger partial charge in [-0.2, -0.15) is 5.10 Å². The number of aryl methyl sites for hydroxylation is 2. The van der Waals surface area contributed by atoms with Crippen LogP contribution in [0.3, 0.4) is 0 Å². The van der Waals surface area contributed by atoms with Crippen molar-refractivity contribution in [2.45, 2.75) is 39.3 Å². The molecule has 2 aromatic rings. The van der Waals surface area contributed by atoms with Crippen molar-refractivity contribution in [3.63, 3.8) is 0 Å². The molecule has 4 heteroatoms. The van der Waals surface area contributed by atoms with Crippen molar-refractivity contribution < 1.29 is 0 Å². The van der Waals surface area contributed by atoms with E-state index in [1.807, 2.05) is 16.9 Å². The lowest BCUT2D eigenvalue weighted by Gasteiger charge is -2.32.